The molecule has 1 N–H and O–H groups in total. The highest BCUT2D eigenvalue weighted by Gasteiger charge is 2.31. The molecule has 1 saturated heterocycles. The van der Waals surface area contributed by atoms with Crippen LogP contribution in [0.3, 0.4) is 0 Å². The van der Waals surface area contributed by atoms with E-state index in [1.165, 1.54) is 161 Å². The first-order valence-corrected chi connectivity index (χ1v) is 17.0. The molecule has 220 valence electrons. The van der Waals surface area contributed by atoms with Crippen LogP contribution in [0.25, 0.3) is 0 Å². The van der Waals surface area contributed by atoms with Crippen LogP contribution in [0.15, 0.2) is 12.2 Å². The molecule has 3 heteroatoms. The first-order valence-electron chi connectivity index (χ1n) is 17.0. The van der Waals surface area contributed by atoms with E-state index in [-0.39, 0.29) is 6.23 Å². The monoisotopic (exact) mass is 521 g/mol. The molecule has 0 amide bonds. The van der Waals surface area contributed by atoms with Crippen LogP contribution in [0, 0.1) is 0 Å². The van der Waals surface area contributed by atoms with E-state index >= 15 is 0 Å². The standard InChI is InChI=1S/C34H68N2O/c1-4-6-8-10-12-14-16-17-18-19-20-21-23-25-27-29-34-35(31-32-36(34)33(3)37)30-28-26-24-22-15-13-11-9-7-5-2/h27,29,33-34,37H,4-26,28,30-32H2,1-3H3. The van der Waals surface area contributed by atoms with Crippen LogP contribution >= 0.6 is 0 Å². The first kappa shape index (κ1) is 34.6. The largest absolute Gasteiger partial charge is 0.379 e. The molecule has 1 heterocycles. The Labute approximate surface area is 233 Å². The second-order valence-electron chi connectivity index (χ2n) is 12.0. The van der Waals surface area contributed by atoms with Crippen LogP contribution in [-0.2, 0) is 0 Å². The molecule has 0 aliphatic carbocycles. The summed E-state index contributed by atoms with van der Waals surface area (Å²) in [7, 11) is 0. The van der Waals surface area contributed by atoms with Gasteiger partial charge in [-0.05, 0) is 32.7 Å². The minimum absolute atomic E-state index is 0.292. The lowest BCUT2D eigenvalue weighted by Gasteiger charge is -2.29. The average molecular weight is 521 g/mol. The maximum Gasteiger partial charge on any atom is 0.106 e. The molecule has 0 bridgehead atoms. The van der Waals surface area contributed by atoms with Gasteiger partial charge in [-0.15, -0.1) is 0 Å². The summed E-state index contributed by atoms with van der Waals surface area (Å²) in [6.45, 7) is 9.77. The number of aliphatic hydroxyl groups excluding tert-OH is 1. The van der Waals surface area contributed by atoms with E-state index in [0.717, 1.165) is 13.1 Å². The van der Waals surface area contributed by atoms with E-state index < -0.39 is 0 Å². The van der Waals surface area contributed by atoms with E-state index in [2.05, 4.69) is 35.8 Å². The Balaban J connectivity index is 2.07. The van der Waals surface area contributed by atoms with Crippen molar-refractivity contribution >= 4 is 0 Å². The van der Waals surface area contributed by atoms with Crippen molar-refractivity contribution in [2.24, 2.45) is 0 Å². The van der Waals surface area contributed by atoms with Crippen molar-refractivity contribution in [1.82, 2.24) is 9.80 Å². The fourth-order valence-corrected chi connectivity index (χ4v) is 5.90. The van der Waals surface area contributed by atoms with Crippen LogP contribution < -0.4 is 0 Å². The Morgan fingerprint density at radius 2 is 1.00 bits per heavy atom. The molecule has 1 rings (SSSR count). The van der Waals surface area contributed by atoms with Crippen molar-refractivity contribution in [2.45, 2.75) is 187 Å². The molecule has 0 aromatic carbocycles. The van der Waals surface area contributed by atoms with Crippen molar-refractivity contribution in [3.63, 3.8) is 0 Å². The molecular weight excluding hydrogens is 452 g/mol. The van der Waals surface area contributed by atoms with Gasteiger partial charge in [0.2, 0.25) is 0 Å². The normalized spacial score (nSPS) is 17.9. The molecular formula is C34H68N2O. The third-order valence-corrected chi connectivity index (χ3v) is 8.42. The van der Waals surface area contributed by atoms with Gasteiger partial charge in [0.1, 0.15) is 6.23 Å². The maximum absolute atomic E-state index is 10.3. The summed E-state index contributed by atoms with van der Waals surface area (Å²) in [5.74, 6) is 0. The second kappa shape index (κ2) is 25.9. The van der Waals surface area contributed by atoms with Gasteiger partial charge < -0.3 is 5.11 Å². The second-order valence-corrected chi connectivity index (χ2v) is 12.0. The Kier molecular flexibility index (Phi) is 24.2. The molecule has 3 nitrogen and oxygen atoms in total. The Bertz CT molecular complexity index is 492. The zero-order valence-electron chi connectivity index (χ0n) is 25.7. The van der Waals surface area contributed by atoms with E-state index in [4.69, 9.17) is 0 Å². The molecule has 2 atom stereocenters. The highest BCUT2D eigenvalue weighted by molar-refractivity contribution is 4.98. The molecule has 1 aliphatic heterocycles. The molecule has 2 unspecified atom stereocenters. The molecule has 1 fully saturated rings. The SMILES string of the molecule is CCCCCCCCCCCCCCCC=CC1N(CCCCCCCCCCCC)CCN1C(C)O. The zero-order chi connectivity index (χ0) is 26.8. The van der Waals surface area contributed by atoms with Gasteiger partial charge in [0.05, 0.1) is 6.17 Å². The van der Waals surface area contributed by atoms with Gasteiger partial charge >= 0.3 is 0 Å². The number of hydrogen-bond donors (Lipinski definition) is 1. The number of rotatable bonds is 27. The molecule has 1 aliphatic rings. The topological polar surface area (TPSA) is 26.7 Å². The molecule has 0 aromatic heterocycles. The number of hydrogen-bond acceptors (Lipinski definition) is 3. The van der Waals surface area contributed by atoms with Gasteiger partial charge in [0.15, 0.2) is 0 Å². The van der Waals surface area contributed by atoms with E-state index in [1.807, 2.05) is 6.92 Å². The summed E-state index contributed by atoms with van der Waals surface area (Å²) >= 11 is 0. The lowest BCUT2D eigenvalue weighted by Crippen LogP contribution is -2.42. The van der Waals surface area contributed by atoms with E-state index in [0.29, 0.717) is 6.17 Å². The van der Waals surface area contributed by atoms with Gasteiger partial charge in [-0.1, -0.05) is 161 Å². The summed E-state index contributed by atoms with van der Waals surface area (Å²) in [5.41, 5.74) is 0. The lowest BCUT2D eigenvalue weighted by atomic mass is 10.0. The van der Waals surface area contributed by atoms with Crippen molar-refractivity contribution in [3.05, 3.63) is 12.2 Å². The highest BCUT2D eigenvalue weighted by atomic mass is 16.3. The third-order valence-electron chi connectivity index (χ3n) is 8.42. The van der Waals surface area contributed by atoms with Crippen molar-refractivity contribution < 1.29 is 5.11 Å². The summed E-state index contributed by atoms with van der Waals surface area (Å²) in [4.78, 5) is 4.86. The first-order chi connectivity index (χ1) is 18.2. The smallest absolute Gasteiger partial charge is 0.106 e. The van der Waals surface area contributed by atoms with Gasteiger partial charge in [0.25, 0.3) is 0 Å². The summed E-state index contributed by atoms with van der Waals surface area (Å²) in [6, 6.07) is 0. The Morgan fingerprint density at radius 3 is 1.43 bits per heavy atom. The van der Waals surface area contributed by atoms with Crippen LogP contribution in [0.1, 0.15) is 175 Å². The molecule has 0 saturated carbocycles. The van der Waals surface area contributed by atoms with Gasteiger partial charge in [-0.3, -0.25) is 9.80 Å². The predicted molar refractivity (Wildman–Crippen MR) is 165 cm³/mol. The van der Waals surface area contributed by atoms with Crippen molar-refractivity contribution in [3.8, 4) is 0 Å². The summed E-state index contributed by atoms with van der Waals surface area (Å²) in [6.07, 6.45) is 38.3. The number of allylic oxidation sites excluding steroid dienone is 1. The highest BCUT2D eigenvalue weighted by Crippen LogP contribution is 2.20. The van der Waals surface area contributed by atoms with Gasteiger partial charge in [-0.2, -0.15) is 0 Å². The summed E-state index contributed by atoms with van der Waals surface area (Å²) < 4.78 is 0. The quantitative estimate of drug-likeness (QED) is 0.0862. The Hall–Kier alpha value is -0.380. The lowest BCUT2D eigenvalue weighted by molar-refractivity contribution is 0.0000989. The summed E-state index contributed by atoms with van der Waals surface area (Å²) in [5, 5.41) is 10.3. The van der Waals surface area contributed by atoms with Crippen molar-refractivity contribution in [1.29, 1.82) is 0 Å². The predicted octanol–water partition coefficient (Wildman–Crippen LogP) is 10.2. The average Bonchev–Trinajstić information content (AvgIpc) is 3.30. The molecule has 37 heavy (non-hydrogen) atoms. The van der Waals surface area contributed by atoms with Gasteiger partial charge in [0, 0.05) is 13.1 Å². The van der Waals surface area contributed by atoms with Crippen molar-refractivity contribution in [2.75, 3.05) is 19.6 Å². The minimum Gasteiger partial charge on any atom is -0.379 e. The molecule has 0 radical (unpaired) electrons. The van der Waals surface area contributed by atoms with Gasteiger partial charge in [-0.25, -0.2) is 0 Å². The van der Waals surface area contributed by atoms with E-state index in [1.54, 1.807) is 0 Å². The minimum atomic E-state index is -0.358. The van der Waals surface area contributed by atoms with Crippen LogP contribution in [0.5, 0.6) is 0 Å². The molecule has 0 spiro atoms. The zero-order valence-corrected chi connectivity index (χ0v) is 25.7. The number of nitrogens with zero attached hydrogens (tertiary/aromatic N) is 2. The maximum atomic E-state index is 10.3. The van der Waals surface area contributed by atoms with Crippen LogP contribution in [0.4, 0.5) is 0 Å². The van der Waals surface area contributed by atoms with E-state index in [9.17, 15) is 5.11 Å². The van der Waals surface area contributed by atoms with Crippen LogP contribution in [0.2, 0.25) is 0 Å². The molecule has 0 aromatic rings. The fourth-order valence-electron chi connectivity index (χ4n) is 5.90. The third kappa shape index (κ3) is 19.3. The Morgan fingerprint density at radius 1 is 0.595 bits per heavy atom. The number of unbranched alkanes of at least 4 members (excludes halogenated alkanes) is 22. The number of aliphatic hydroxyl groups is 1. The van der Waals surface area contributed by atoms with Crippen LogP contribution in [-0.4, -0.2) is 46.9 Å². The fraction of sp³-hybridized carbons (Fsp3) is 0.941.